The molecule has 33 heavy (non-hydrogen) atoms. The van der Waals surface area contributed by atoms with Crippen molar-refractivity contribution in [3.8, 4) is 11.5 Å². The maximum absolute atomic E-state index is 13.0. The van der Waals surface area contributed by atoms with Crippen LogP contribution < -0.4 is 10.2 Å². The van der Waals surface area contributed by atoms with E-state index in [0.29, 0.717) is 37.4 Å². The van der Waals surface area contributed by atoms with Crippen molar-refractivity contribution >= 4 is 39.1 Å². The Kier molecular flexibility index (Phi) is 6.96. The second kappa shape index (κ2) is 9.89. The number of halogens is 1. The minimum Gasteiger partial charge on any atom is -0.411 e. The summed E-state index contributed by atoms with van der Waals surface area (Å²) in [5, 5.41) is 10.9. The molecule has 1 fully saturated rings. The van der Waals surface area contributed by atoms with E-state index in [1.807, 2.05) is 12.1 Å². The van der Waals surface area contributed by atoms with Crippen LogP contribution in [0.2, 0.25) is 0 Å². The van der Waals surface area contributed by atoms with E-state index in [1.165, 1.54) is 22.7 Å². The Morgan fingerprint density at radius 3 is 2.36 bits per heavy atom. The van der Waals surface area contributed by atoms with E-state index < -0.39 is 10.0 Å². The zero-order chi connectivity index (χ0) is 23.4. The van der Waals surface area contributed by atoms with Crippen LogP contribution >= 0.6 is 11.8 Å². The summed E-state index contributed by atoms with van der Waals surface area (Å²) in [6.45, 7) is 2.12. The molecule has 0 unspecified atom stereocenters. The van der Waals surface area contributed by atoms with E-state index in [1.54, 1.807) is 24.3 Å². The summed E-state index contributed by atoms with van der Waals surface area (Å²) in [5.74, 6) is -0.241. The van der Waals surface area contributed by atoms with Gasteiger partial charge in [-0.25, -0.2) is 12.8 Å². The molecule has 1 N–H and O–H groups in total. The quantitative estimate of drug-likeness (QED) is 0.503. The molecule has 0 radical (unpaired) electrons. The van der Waals surface area contributed by atoms with Gasteiger partial charge in [-0.15, -0.1) is 10.2 Å². The molecule has 1 aromatic heterocycles. The van der Waals surface area contributed by atoms with Crippen molar-refractivity contribution in [2.75, 3.05) is 48.4 Å². The topological polar surface area (TPSA) is 109 Å². The molecule has 0 spiro atoms. The van der Waals surface area contributed by atoms with Gasteiger partial charge in [0.05, 0.1) is 12.0 Å². The largest absolute Gasteiger partial charge is 0.411 e. The monoisotopic (exact) mass is 491 g/mol. The number of anilines is 2. The normalized spacial score (nSPS) is 14.9. The lowest BCUT2D eigenvalue weighted by atomic mass is 10.2. The first-order chi connectivity index (χ1) is 15.8. The Labute approximate surface area is 195 Å². The van der Waals surface area contributed by atoms with E-state index in [0.717, 1.165) is 17.4 Å². The Morgan fingerprint density at radius 1 is 1.06 bits per heavy atom. The average Bonchev–Trinajstić information content (AvgIpc) is 3.27. The fourth-order valence-corrected chi connectivity index (χ4v) is 4.72. The lowest BCUT2D eigenvalue weighted by molar-refractivity contribution is -0.113. The van der Waals surface area contributed by atoms with Gasteiger partial charge in [-0.05, 0) is 48.5 Å². The van der Waals surface area contributed by atoms with Crippen molar-refractivity contribution in [1.29, 1.82) is 0 Å². The summed E-state index contributed by atoms with van der Waals surface area (Å²) < 4.78 is 43.3. The van der Waals surface area contributed by atoms with Gasteiger partial charge in [0, 0.05) is 43.1 Å². The van der Waals surface area contributed by atoms with Gasteiger partial charge in [0.25, 0.3) is 5.22 Å². The summed E-state index contributed by atoms with van der Waals surface area (Å²) in [6, 6.07) is 13.1. The molecular formula is C21H22FN5O4S2. The molecule has 0 saturated carbocycles. The van der Waals surface area contributed by atoms with Crippen molar-refractivity contribution in [2.24, 2.45) is 0 Å². The number of sulfonamides is 1. The standard InChI is InChI=1S/C21H22FN5O4S2/c1-33(29,30)27-12-10-26(11-13-27)18-8-6-17(7-9-18)23-19(28)14-32-21-25-24-20(31-21)15-2-4-16(22)5-3-15/h2-9H,10-14H2,1H3,(H,23,28). The highest BCUT2D eigenvalue weighted by molar-refractivity contribution is 7.99. The van der Waals surface area contributed by atoms with Crippen molar-refractivity contribution < 1.29 is 22.0 Å². The maximum atomic E-state index is 13.0. The van der Waals surface area contributed by atoms with Gasteiger partial charge < -0.3 is 14.6 Å². The number of benzene rings is 2. The number of nitrogens with zero attached hydrogens (tertiary/aromatic N) is 4. The molecule has 1 aliphatic rings. The van der Waals surface area contributed by atoms with E-state index in [4.69, 9.17) is 4.42 Å². The number of amides is 1. The van der Waals surface area contributed by atoms with Crippen LogP contribution in [0, 0.1) is 5.82 Å². The van der Waals surface area contributed by atoms with E-state index in [2.05, 4.69) is 20.4 Å². The van der Waals surface area contributed by atoms with Crippen LogP contribution in [0.25, 0.3) is 11.5 Å². The number of piperazine rings is 1. The molecule has 4 rings (SSSR count). The third kappa shape index (κ3) is 6.09. The third-order valence-corrected chi connectivity index (χ3v) is 7.17. The smallest absolute Gasteiger partial charge is 0.277 e. The van der Waals surface area contributed by atoms with Gasteiger partial charge in [0.2, 0.25) is 21.8 Å². The van der Waals surface area contributed by atoms with Gasteiger partial charge in [-0.2, -0.15) is 4.31 Å². The van der Waals surface area contributed by atoms with Crippen LogP contribution in [0.15, 0.2) is 58.2 Å². The number of nitrogens with one attached hydrogen (secondary N) is 1. The maximum Gasteiger partial charge on any atom is 0.277 e. The number of carbonyl (C=O) groups excluding carboxylic acids is 1. The van der Waals surface area contributed by atoms with Crippen LogP contribution in [0.3, 0.4) is 0 Å². The van der Waals surface area contributed by atoms with E-state index in [9.17, 15) is 17.6 Å². The molecular weight excluding hydrogens is 469 g/mol. The van der Waals surface area contributed by atoms with Crippen molar-refractivity contribution in [3.05, 3.63) is 54.3 Å². The minimum absolute atomic E-state index is 0.0836. The third-order valence-electron chi connectivity index (χ3n) is 5.05. The SMILES string of the molecule is CS(=O)(=O)N1CCN(c2ccc(NC(=O)CSc3nnc(-c4ccc(F)cc4)o3)cc2)CC1. The first-order valence-electron chi connectivity index (χ1n) is 10.1. The number of thioether (sulfide) groups is 1. The lowest BCUT2D eigenvalue weighted by Crippen LogP contribution is -2.48. The summed E-state index contributed by atoms with van der Waals surface area (Å²) in [5.41, 5.74) is 2.21. The summed E-state index contributed by atoms with van der Waals surface area (Å²) >= 11 is 1.11. The molecule has 1 saturated heterocycles. The minimum atomic E-state index is -3.16. The highest BCUT2D eigenvalue weighted by atomic mass is 32.2. The second-order valence-electron chi connectivity index (χ2n) is 7.41. The Bertz CT molecular complexity index is 1210. The van der Waals surface area contributed by atoms with Crippen molar-refractivity contribution in [3.63, 3.8) is 0 Å². The summed E-state index contributed by atoms with van der Waals surface area (Å²) in [7, 11) is -3.16. The van der Waals surface area contributed by atoms with Crippen LogP contribution in [-0.2, 0) is 14.8 Å². The molecule has 2 aromatic carbocycles. The Balaban J connectivity index is 1.26. The van der Waals surface area contributed by atoms with E-state index in [-0.39, 0.29) is 28.6 Å². The Hall–Kier alpha value is -2.96. The molecule has 1 aliphatic heterocycles. The Morgan fingerprint density at radius 2 is 1.73 bits per heavy atom. The summed E-state index contributed by atoms with van der Waals surface area (Å²) in [4.78, 5) is 14.4. The highest BCUT2D eigenvalue weighted by Crippen LogP contribution is 2.24. The fraction of sp³-hybridized carbons (Fsp3) is 0.286. The average molecular weight is 492 g/mol. The molecule has 12 heteroatoms. The van der Waals surface area contributed by atoms with Gasteiger partial charge in [0.1, 0.15) is 5.82 Å². The van der Waals surface area contributed by atoms with E-state index >= 15 is 0 Å². The molecule has 0 aliphatic carbocycles. The molecule has 0 atom stereocenters. The molecule has 2 heterocycles. The van der Waals surface area contributed by atoms with Gasteiger partial charge in [0.15, 0.2) is 0 Å². The van der Waals surface area contributed by atoms with Crippen LogP contribution in [0.5, 0.6) is 0 Å². The summed E-state index contributed by atoms with van der Waals surface area (Å²) in [6.07, 6.45) is 1.22. The highest BCUT2D eigenvalue weighted by Gasteiger charge is 2.23. The number of hydrogen-bond acceptors (Lipinski definition) is 8. The molecule has 9 nitrogen and oxygen atoms in total. The fourth-order valence-electron chi connectivity index (χ4n) is 3.34. The molecule has 3 aromatic rings. The van der Waals surface area contributed by atoms with Crippen LogP contribution in [-0.4, -0.2) is 67.0 Å². The number of aromatic nitrogens is 2. The van der Waals surface area contributed by atoms with Gasteiger partial charge >= 0.3 is 0 Å². The van der Waals surface area contributed by atoms with Crippen LogP contribution in [0.1, 0.15) is 0 Å². The molecule has 1 amide bonds. The van der Waals surface area contributed by atoms with Crippen molar-refractivity contribution in [2.45, 2.75) is 5.22 Å². The predicted molar refractivity (Wildman–Crippen MR) is 124 cm³/mol. The first kappa shape index (κ1) is 23.2. The predicted octanol–water partition coefficient (Wildman–Crippen LogP) is 2.69. The molecule has 174 valence electrons. The number of carbonyl (C=O) groups is 1. The number of rotatable bonds is 7. The van der Waals surface area contributed by atoms with Gasteiger partial charge in [-0.3, -0.25) is 4.79 Å². The lowest BCUT2D eigenvalue weighted by Gasteiger charge is -2.34. The molecule has 0 bridgehead atoms. The zero-order valence-electron chi connectivity index (χ0n) is 17.8. The second-order valence-corrected chi connectivity index (χ2v) is 10.3. The first-order valence-corrected chi connectivity index (χ1v) is 12.9. The van der Waals surface area contributed by atoms with Crippen molar-refractivity contribution in [1.82, 2.24) is 14.5 Å². The number of hydrogen-bond donors (Lipinski definition) is 1. The zero-order valence-corrected chi connectivity index (χ0v) is 19.4. The van der Waals surface area contributed by atoms with Gasteiger partial charge in [-0.1, -0.05) is 11.8 Å². The van der Waals surface area contributed by atoms with Crippen LogP contribution in [0.4, 0.5) is 15.8 Å².